The smallest absolute Gasteiger partial charge is 0.183 e. The number of benzene rings is 6. The van der Waals surface area contributed by atoms with E-state index in [4.69, 9.17) is 9.40 Å². The van der Waals surface area contributed by atoms with Crippen LogP contribution in [0.1, 0.15) is 11.1 Å². The minimum Gasteiger partial charge on any atom is -0.452 e. The molecule has 0 aliphatic rings. The third-order valence-electron chi connectivity index (χ3n) is 9.34. The number of pyridine rings is 1. The zero-order chi connectivity index (χ0) is 30.2. The monoisotopic (exact) mass is 589 g/mol. The van der Waals surface area contributed by atoms with Gasteiger partial charge >= 0.3 is 0 Å². The van der Waals surface area contributed by atoms with Gasteiger partial charge in [-0.15, -0.1) is 0 Å². The van der Waals surface area contributed by atoms with Crippen LogP contribution >= 0.6 is 0 Å². The maximum absolute atomic E-state index is 6.77. The van der Waals surface area contributed by atoms with Gasteiger partial charge in [-0.2, -0.15) is 0 Å². The number of para-hydroxylation sites is 4. The first kappa shape index (κ1) is 25.2. The second-order valence-electron chi connectivity index (χ2n) is 12.0. The van der Waals surface area contributed by atoms with E-state index >= 15 is 0 Å². The molecule has 0 unspecified atom stereocenters. The van der Waals surface area contributed by atoms with Gasteiger partial charge in [-0.3, -0.25) is 9.13 Å². The lowest BCUT2D eigenvalue weighted by Crippen LogP contribution is -2.04. The topological polar surface area (TPSA) is 35.9 Å². The Morgan fingerprint density at radius 3 is 1.54 bits per heavy atom. The maximum atomic E-state index is 6.77. The molecule has 0 fully saturated rings. The van der Waals surface area contributed by atoms with Gasteiger partial charge in [0.15, 0.2) is 11.4 Å². The molecule has 0 aliphatic heterocycles. The Labute approximate surface area is 264 Å². The molecular formula is C42H27N3O. The second kappa shape index (κ2) is 9.68. The van der Waals surface area contributed by atoms with Gasteiger partial charge in [-0.1, -0.05) is 109 Å². The third kappa shape index (κ3) is 3.64. The Hall–Kier alpha value is -6.13. The van der Waals surface area contributed by atoms with Gasteiger partial charge in [0.05, 0.1) is 22.1 Å². The second-order valence-corrected chi connectivity index (χ2v) is 12.0. The predicted molar refractivity (Wildman–Crippen MR) is 189 cm³/mol. The fraction of sp³-hybridized carbons (Fsp3) is 0.0238. The Morgan fingerprint density at radius 2 is 0.957 bits per heavy atom. The molecule has 4 nitrogen and oxygen atoms in total. The average molecular weight is 590 g/mol. The van der Waals surface area contributed by atoms with E-state index in [1.54, 1.807) is 0 Å². The van der Waals surface area contributed by atoms with E-state index in [-0.39, 0.29) is 0 Å². The van der Waals surface area contributed by atoms with Crippen LogP contribution in [0.4, 0.5) is 0 Å². The van der Waals surface area contributed by atoms with Crippen LogP contribution in [0.25, 0.3) is 77.2 Å². The molecule has 4 heteroatoms. The van der Waals surface area contributed by atoms with E-state index in [2.05, 4.69) is 161 Å². The quantitative estimate of drug-likeness (QED) is 0.205. The molecule has 0 N–H and O–H groups in total. The summed E-state index contributed by atoms with van der Waals surface area (Å²) in [5, 5.41) is 6.94. The molecule has 0 amide bonds. The molecule has 0 saturated carbocycles. The molecule has 216 valence electrons. The number of fused-ring (bicyclic) bond motifs is 9. The van der Waals surface area contributed by atoms with E-state index in [9.17, 15) is 0 Å². The first-order valence-electron chi connectivity index (χ1n) is 15.7. The largest absolute Gasteiger partial charge is 0.452 e. The van der Waals surface area contributed by atoms with Gasteiger partial charge in [0.25, 0.3) is 0 Å². The Bertz CT molecular complexity index is 2670. The van der Waals surface area contributed by atoms with Crippen molar-refractivity contribution in [2.75, 3.05) is 0 Å². The van der Waals surface area contributed by atoms with Gasteiger partial charge in [0.1, 0.15) is 11.4 Å². The zero-order valence-corrected chi connectivity index (χ0v) is 24.9. The lowest BCUT2D eigenvalue weighted by molar-refractivity contribution is 0.663. The van der Waals surface area contributed by atoms with Crippen LogP contribution in [0.2, 0.25) is 0 Å². The molecular weight excluding hydrogens is 562 g/mol. The highest BCUT2D eigenvalue weighted by Gasteiger charge is 2.22. The SMILES string of the molecule is c1ccc(Cc2ccc3oc4c(-n5c6ccccc6c6ccccc65)nc(-n5c6ccccc6c6ccccc65)cc4c3c2)cc1. The molecule has 46 heavy (non-hydrogen) atoms. The number of rotatable bonds is 4. The van der Waals surface area contributed by atoms with Crippen molar-refractivity contribution in [3.8, 4) is 11.6 Å². The Morgan fingerprint density at radius 1 is 0.435 bits per heavy atom. The van der Waals surface area contributed by atoms with E-state index < -0.39 is 0 Å². The van der Waals surface area contributed by atoms with E-state index in [1.807, 2.05) is 0 Å². The molecule has 4 heterocycles. The molecule has 10 aromatic rings. The van der Waals surface area contributed by atoms with Crippen molar-refractivity contribution in [1.29, 1.82) is 0 Å². The van der Waals surface area contributed by atoms with E-state index in [1.165, 1.54) is 32.7 Å². The highest BCUT2D eigenvalue weighted by molar-refractivity contribution is 6.13. The molecule has 0 aliphatic carbocycles. The zero-order valence-electron chi connectivity index (χ0n) is 24.9. The van der Waals surface area contributed by atoms with E-state index in [0.717, 1.165) is 62.1 Å². The van der Waals surface area contributed by atoms with Gasteiger partial charge in [0, 0.05) is 32.3 Å². The normalized spacial score (nSPS) is 12.0. The lowest BCUT2D eigenvalue weighted by atomic mass is 10.0. The molecule has 0 radical (unpaired) electrons. The van der Waals surface area contributed by atoms with Gasteiger partial charge < -0.3 is 4.42 Å². The van der Waals surface area contributed by atoms with Crippen LogP contribution in [0.5, 0.6) is 0 Å². The van der Waals surface area contributed by atoms with E-state index in [0.29, 0.717) is 0 Å². The summed E-state index contributed by atoms with van der Waals surface area (Å²) >= 11 is 0. The maximum Gasteiger partial charge on any atom is 0.183 e. The van der Waals surface area contributed by atoms with Crippen molar-refractivity contribution in [1.82, 2.24) is 14.1 Å². The van der Waals surface area contributed by atoms with Gasteiger partial charge in [-0.05, 0) is 60.0 Å². The summed E-state index contributed by atoms with van der Waals surface area (Å²) in [6, 6.07) is 53.8. The lowest BCUT2D eigenvalue weighted by Gasteiger charge is -2.12. The number of furan rings is 1. The van der Waals surface area contributed by atoms with Crippen LogP contribution in [-0.4, -0.2) is 14.1 Å². The molecule has 10 rings (SSSR count). The molecule has 0 spiro atoms. The number of nitrogens with zero attached hydrogens (tertiary/aromatic N) is 3. The summed E-state index contributed by atoms with van der Waals surface area (Å²) in [6.07, 6.45) is 0.855. The minimum absolute atomic E-state index is 0.780. The minimum atomic E-state index is 0.780. The summed E-state index contributed by atoms with van der Waals surface area (Å²) < 4.78 is 11.3. The number of aromatic nitrogens is 3. The fourth-order valence-corrected chi connectivity index (χ4v) is 7.32. The predicted octanol–water partition coefficient (Wildman–Crippen LogP) is 10.8. The Balaban J connectivity index is 1.34. The fourth-order valence-electron chi connectivity index (χ4n) is 7.32. The standard InChI is InChI=1S/C42H27N3O/c1-2-12-27(13-3-1)24-28-22-23-39-33(25-28)34-26-40(44-35-18-8-4-14-29(35)30-15-5-9-19-36(30)44)43-42(41(34)46-39)45-37-20-10-6-16-31(37)32-17-7-11-21-38(32)45/h1-23,25-26H,24H2. The average Bonchev–Trinajstić information content (AvgIpc) is 3.76. The van der Waals surface area contributed by atoms with Crippen molar-refractivity contribution in [2.24, 2.45) is 0 Å². The summed E-state index contributed by atoms with van der Waals surface area (Å²) in [5.74, 6) is 1.64. The molecule has 0 atom stereocenters. The molecule has 4 aromatic heterocycles. The Kier molecular flexibility index (Phi) is 5.31. The summed E-state index contributed by atoms with van der Waals surface area (Å²) in [5.41, 5.74) is 8.62. The molecule has 0 bridgehead atoms. The summed E-state index contributed by atoms with van der Waals surface area (Å²) in [4.78, 5) is 5.50. The molecule has 6 aromatic carbocycles. The molecule has 0 saturated heterocycles. The van der Waals surface area contributed by atoms with Crippen molar-refractivity contribution < 1.29 is 4.42 Å². The van der Waals surface area contributed by atoms with Crippen LogP contribution in [-0.2, 0) is 6.42 Å². The number of hydrogen-bond donors (Lipinski definition) is 0. The highest BCUT2D eigenvalue weighted by Crippen LogP contribution is 2.40. The van der Waals surface area contributed by atoms with Crippen molar-refractivity contribution in [2.45, 2.75) is 6.42 Å². The van der Waals surface area contributed by atoms with Crippen LogP contribution in [0.3, 0.4) is 0 Å². The first-order chi connectivity index (χ1) is 22.8. The van der Waals surface area contributed by atoms with Crippen molar-refractivity contribution >= 4 is 65.6 Å². The van der Waals surface area contributed by atoms with Crippen molar-refractivity contribution in [3.05, 3.63) is 163 Å². The van der Waals surface area contributed by atoms with Gasteiger partial charge in [-0.25, -0.2) is 4.98 Å². The van der Waals surface area contributed by atoms with Crippen LogP contribution in [0, 0.1) is 0 Å². The summed E-state index contributed by atoms with van der Waals surface area (Å²) in [6.45, 7) is 0. The summed E-state index contributed by atoms with van der Waals surface area (Å²) in [7, 11) is 0. The highest BCUT2D eigenvalue weighted by atomic mass is 16.3. The van der Waals surface area contributed by atoms with Gasteiger partial charge in [0.2, 0.25) is 0 Å². The first-order valence-corrected chi connectivity index (χ1v) is 15.7. The number of hydrogen-bond acceptors (Lipinski definition) is 2. The van der Waals surface area contributed by atoms with Crippen molar-refractivity contribution in [3.63, 3.8) is 0 Å². The van der Waals surface area contributed by atoms with Crippen LogP contribution < -0.4 is 0 Å². The van der Waals surface area contributed by atoms with Crippen LogP contribution in [0.15, 0.2) is 156 Å². The third-order valence-corrected chi connectivity index (χ3v) is 9.34.